The molecule has 3 heteroatoms. The van der Waals surface area contributed by atoms with Crippen LogP contribution < -0.4 is 5.32 Å². The Bertz CT molecular complexity index is 153. The van der Waals surface area contributed by atoms with Gasteiger partial charge in [0, 0.05) is 26.9 Å². The highest BCUT2D eigenvalue weighted by Crippen LogP contribution is 2.22. The predicted octanol–water partition coefficient (Wildman–Crippen LogP) is 1.82. The van der Waals surface area contributed by atoms with Crippen molar-refractivity contribution in [2.75, 3.05) is 33.4 Å². The van der Waals surface area contributed by atoms with Crippen LogP contribution in [0.25, 0.3) is 0 Å². The average Bonchev–Trinajstić information content (AvgIpc) is 2.70. The van der Waals surface area contributed by atoms with Gasteiger partial charge in [-0.3, -0.25) is 0 Å². The number of methoxy groups -OCH3 is 1. The molecule has 15 heavy (non-hydrogen) atoms. The van der Waals surface area contributed by atoms with Crippen molar-refractivity contribution in [2.45, 2.75) is 38.7 Å². The maximum Gasteiger partial charge on any atom is 0.0613 e. The molecule has 1 rings (SSSR count). The summed E-state index contributed by atoms with van der Waals surface area (Å²) in [5, 5.41) is 3.51. The molecule has 1 N–H and O–H groups in total. The molecule has 90 valence electrons. The normalized spacial score (nSPS) is 26.0. The van der Waals surface area contributed by atoms with Crippen LogP contribution in [0, 0.1) is 5.92 Å². The first-order chi connectivity index (χ1) is 7.38. The van der Waals surface area contributed by atoms with Crippen molar-refractivity contribution in [1.82, 2.24) is 5.32 Å². The summed E-state index contributed by atoms with van der Waals surface area (Å²) in [6.07, 6.45) is 5.23. The summed E-state index contributed by atoms with van der Waals surface area (Å²) >= 11 is 0. The minimum atomic E-state index is 0.497. The minimum Gasteiger partial charge on any atom is -0.385 e. The molecule has 2 unspecified atom stereocenters. The standard InChI is InChI=1S/C12H25NO2/c1-3-12-11(6-9-15-12)10-13-7-4-5-8-14-2/h11-13H,3-10H2,1-2H3. The van der Waals surface area contributed by atoms with Crippen LogP contribution >= 0.6 is 0 Å². The third kappa shape index (κ3) is 4.96. The second-order valence-corrected chi connectivity index (χ2v) is 4.27. The van der Waals surface area contributed by atoms with Gasteiger partial charge < -0.3 is 14.8 Å². The maximum atomic E-state index is 5.65. The first-order valence-corrected chi connectivity index (χ1v) is 6.19. The van der Waals surface area contributed by atoms with Crippen LogP contribution in [-0.2, 0) is 9.47 Å². The first kappa shape index (κ1) is 12.9. The number of rotatable bonds is 8. The predicted molar refractivity (Wildman–Crippen MR) is 62.1 cm³/mol. The fraction of sp³-hybridized carbons (Fsp3) is 1.00. The molecule has 0 amide bonds. The van der Waals surface area contributed by atoms with Gasteiger partial charge in [-0.05, 0) is 38.1 Å². The molecule has 0 aliphatic carbocycles. The van der Waals surface area contributed by atoms with Crippen molar-refractivity contribution in [2.24, 2.45) is 5.92 Å². The molecular formula is C12H25NO2. The fourth-order valence-electron chi connectivity index (χ4n) is 2.16. The Morgan fingerprint density at radius 2 is 2.27 bits per heavy atom. The van der Waals surface area contributed by atoms with E-state index < -0.39 is 0 Å². The molecule has 0 spiro atoms. The molecule has 0 bridgehead atoms. The van der Waals surface area contributed by atoms with E-state index in [2.05, 4.69) is 12.2 Å². The summed E-state index contributed by atoms with van der Waals surface area (Å²) in [5.74, 6) is 0.734. The number of hydrogen-bond donors (Lipinski definition) is 1. The third-order valence-electron chi connectivity index (χ3n) is 3.11. The van der Waals surface area contributed by atoms with Gasteiger partial charge in [0.05, 0.1) is 6.10 Å². The highest BCUT2D eigenvalue weighted by molar-refractivity contribution is 4.76. The molecular weight excluding hydrogens is 190 g/mol. The van der Waals surface area contributed by atoms with E-state index in [0.29, 0.717) is 6.10 Å². The highest BCUT2D eigenvalue weighted by atomic mass is 16.5. The van der Waals surface area contributed by atoms with E-state index in [9.17, 15) is 0 Å². The monoisotopic (exact) mass is 215 g/mol. The third-order valence-corrected chi connectivity index (χ3v) is 3.11. The molecule has 0 aromatic carbocycles. The Balaban J connectivity index is 1.95. The first-order valence-electron chi connectivity index (χ1n) is 6.19. The quantitative estimate of drug-likeness (QED) is 0.626. The van der Waals surface area contributed by atoms with E-state index in [4.69, 9.17) is 9.47 Å². The van der Waals surface area contributed by atoms with Crippen LogP contribution in [0.3, 0.4) is 0 Å². The summed E-state index contributed by atoms with van der Waals surface area (Å²) in [6, 6.07) is 0. The lowest BCUT2D eigenvalue weighted by atomic mass is 10.00. The fourth-order valence-corrected chi connectivity index (χ4v) is 2.16. The summed E-state index contributed by atoms with van der Waals surface area (Å²) < 4.78 is 10.7. The van der Waals surface area contributed by atoms with Crippen molar-refractivity contribution in [3.63, 3.8) is 0 Å². The van der Waals surface area contributed by atoms with Gasteiger partial charge in [-0.25, -0.2) is 0 Å². The van der Waals surface area contributed by atoms with Gasteiger partial charge in [0.1, 0.15) is 0 Å². The van der Waals surface area contributed by atoms with Gasteiger partial charge in [0.25, 0.3) is 0 Å². The topological polar surface area (TPSA) is 30.5 Å². The number of nitrogens with one attached hydrogen (secondary N) is 1. The second-order valence-electron chi connectivity index (χ2n) is 4.27. The minimum absolute atomic E-state index is 0.497. The average molecular weight is 215 g/mol. The Morgan fingerprint density at radius 1 is 1.40 bits per heavy atom. The Hall–Kier alpha value is -0.120. The molecule has 0 saturated carbocycles. The van der Waals surface area contributed by atoms with Gasteiger partial charge in [0.15, 0.2) is 0 Å². The Labute approximate surface area is 93.5 Å². The van der Waals surface area contributed by atoms with Crippen molar-refractivity contribution in [1.29, 1.82) is 0 Å². The van der Waals surface area contributed by atoms with Crippen LogP contribution in [0.1, 0.15) is 32.6 Å². The summed E-state index contributed by atoms with van der Waals surface area (Å²) in [5.41, 5.74) is 0. The van der Waals surface area contributed by atoms with Crippen LogP contribution in [-0.4, -0.2) is 39.5 Å². The summed E-state index contributed by atoms with van der Waals surface area (Å²) in [4.78, 5) is 0. The molecule has 1 aliphatic heterocycles. The smallest absolute Gasteiger partial charge is 0.0613 e. The maximum absolute atomic E-state index is 5.65. The number of hydrogen-bond acceptors (Lipinski definition) is 3. The van der Waals surface area contributed by atoms with E-state index in [0.717, 1.165) is 45.1 Å². The zero-order valence-electron chi connectivity index (χ0n) is 10.1. The van der Waals surface area contributed by atoms with Gasteiger partial charge in [-0.1, -0.05) is 6.92 Å². The summed E-state index contributed by atoms with van der Waals surface area (Å²) in [6.45, 7) is 6.27. The van der Waals surface area contributed by atoms with E-state index in [1.165, 1.54) is 12.8 Å². The zero-order chi connectivity index (χ0) is 10.9. The van der Waals surface area contributed by atoms with E-state index >= 15 is 0 Å². The van der Waals surface area contributed by atoms with Crippen molar-refractivity contribution in [3.05, 3.63) is 0 Å². The van der Waals surface area contributed by atoms with Gasteiger partial charge >= 0.3 is 0 Å². The lowest BCUT2D eigenvalue weighted by molar-refractivity contribution is 0.0872. The van der Waals surface area contributed by atoms with Crippen LogP contribution in [0.15, 0.2) is 0 Å². The number of ether oxygens (including phenoxy) is 2. The largest absolute Gasteiger partial charge is 0.385 e. The van der Waals surface area contributed by atoms with Gasteiger partial charge in [-0.15, -0.1) is 0 Å². The van der Waals surface area contributed by atoms with Crippen molar-refractivity contribution in [3.8, 4) is 0 Å². The Kier molecular flexibility index (Phi) is 6.98. The van der Waals surface area contributed by atoms with E-state index in [-0.39, 0.29) is 0 Å². The lowest BCUT2D eigenvalue weighted by Gasteiger charge is -2.17. The van der Waals surface area contributed by atoms with E-state index in [1.54, 1.807) is 7.11 Å². The molecule has 1 heterocycles. The number of unbranched alkanes of at least 4 members (excludes halogenated alkanes) is 1. The Morgan fingerprint density at radius 3 is 3.00 bits per heavy atom. The van der Waals surface area contributed by atoms with Gasteiger partial charge in [-0.2, -0.15) is 0 Å². The molecule has 1 saturated heterocycles. The van der Waals surface area contributed by atoms with Crippen molar-refractivity contribution >= 4 is 0 Å². The molecule has 3 nitrogen and oxygen atoms in total. The van der Waals surface area contributed by atoms with Crippen LogP contribution in [0.4, 0.5) is 0 Å². The van der Waals surface area contributed by atoms with Crippen LogP contribution in [0.2, 0.25) is 0 Å². The molecule has 0 radical (unpaired) electrons. The molecule has 0 aromatic heterocycles. The second kappa shape index (κ2) is 8.08. The SMILES string of the molecule is CCC1OCCC1CNCCCCOC. The lowest BCUT2D eigenvalue weighted by Crippen LogP contribution is -2.29. The zero-order valence-corrected chi connectivity index (χ0v) is 10.1. The molecule has 1 aliphatic rings. The van der Waals surface area contributed by atoms with E-state index in [1.807, 2.05) is 0 Å². The summed E-state index contributed by atoms with van der Waals surface area (Å²) in [7, 11) is 1.76. The molecule has 0 aromatic rings. The van der Waals surface area contributed by atoms with Gasteiger partial charge in [0.2, 0.25) is 0 Å². The molecule has 1 fully saturated rings. The van der Waals surface area contributed by atoms with Crippen molar-refractivity contribution < 1.29 is 9.47 Å². The molecule has 2 atom stereocenters. The highest BCUT2D eigenvalue weighted by Gasteiger charge is 2.25. The van der Waals surface area contributed by atoms with Crippen LogP contribution in [0.5, 0.6) is 0 Å².